The van der Waals surface area contributed by atoms with E-state index in [1.165, 1.54) is 0 Å². The maximum atomic E-state index is 6.47. The Bertz CT molecular complexity index is 3930. The Hall–Kier alpha value is -9.79. The van der Waals surface area contributed by atoms with Crippen molar-refractivity contribution in [1.82, 2.24) is 29.5 Å². The van der Waals surface area contributed by atoms with Crippen LogP contribution in [0.2, 0.25) is 0 Å². The van der Waals surface area contributed by atoms with Crippen molar-refractivity contribution < 1.29 is 9.15 Å². The number of nitrogens with zero attached hydrogens (tertiary/aromatic N) is 6. The average molecular weight is 991 g/mol. The molecule has 0 spiro atoms. The van der Waals surface area contributed by atoms with Crippen molar-refractivity contribution in [3.8, 4) is 79.4 Å². The standard InChI is InChI=1S/C57H40N6O2.C6H10.C5H8/c1-4-19-47-41(5-2)43-32-31-39(34-48(43)63(47)40-24-13-8-14-25-40)56-60-55(37-22-11-7-12-23-37)61-57(62-56)45-27-16-15-26-42(45)44-33-30-38(35-50(44)64-3)51-53-52(46-28-17-18-29-49(46)65-53)59-54(58-51)36-20-9-6-10-21-36;1-3-5-6-4-2;1-3-5-4-2/h4-35H,2H2,1,3H3;3-6H,1-2H3;3-5H,1H2,2H3/b19-4-;5-3-,6-4-;5-4-. The van der Waals surface area contributed by atoms with Crippen LogP contribution in [0.1, 0.15) is 39.0 Å². The molecule has 0 N–H and O–H groups in total. The summed E-state index contributed by atoms with van der Waals surface area (Å²) in [5.74, 6) is 2.91. The fraction of sp³-hybridized carbons (Fsp3) is 0.0735. The van der Waals surface area contributed by atoms with E-state index in [2.05, 4.69) is 96.6 Å². The molecule has 0 atom stereocenters. The van der Waals surface area contributed by atoms with Crippen LogP contribution in [0.15, 0.2) is 242 Å². The second-order valence-electron chi connectivity index (χ2n) is 17.4. The summed E-state index contributed by atoms with van der Waals surface area (Å²) < 4.78 is 14.9. The van der Waals surface area contributed by atoms with Gasteiger partial charge in [-0.15, -0.1) is 0 Å². The lowest BCUT2D eigenvalue weighted by Crippen LogP contribution is -2.02. The van der Waals surface area contributed by atoms with Gasteiger partial charge in [-0.1, -0.05) is 201 Å². The number of methoxy groups -OCH3 is 1. The van der Waals surface area contributed by atoms with Crippen molar-refractivity contribution in [2.24, 2.45) is 0 Å². The number of allylic oxidation sites excluding steroid dienone is 8. The lowest BCUT2D eigenvalue weighted by atomic mass is 9.96. The molecule has 0 aliphatic carbocycles. The van der Waals surface area contributed by atoms with Crippen LogP contribution in [-0.2, 0) is 0 Å². The van der Waals surface area contributed by atoms with Gasteiger partial charge in [0.1, 0.15) is 22.5 Å². The van der Waals surface area contributed by atoms with Crippen molar-refractivity contribution in [2.75, 3.05) is 7.11 Å². The molecule has 0 radical (unpaired) electrons. The molecule has 0 saturated heterocycles. The Morgan fingerprint density at radius 3 is 1.68 bits per heavy atom. The van der Waals surface area contributed by atoms with E-state index in [1.54, 1.807) is 13.2 Å². The minimum Gasteiger partial charge on any atom is -0.496 e. The third-order valence-corrected chi connectivity index (χ3v) is 12.5. The molecule has 76 heavy (non-hydrogen) atoms. The monoisotopic (exact) mass is 990 g/mol. The minimum absolute atomic E-state index is 0.530. The predicted octanol–water partition coefficient (Wildman–Crippen LogP) is 18.1. The third-order valence-electron chi connectivity index (χ3n) is 12.5. The molecular weight excluding hydrogens is 933 g/mol. The highest BCUT2D eigenvalue weighted by atomic mass is 16.5. The molecule has 4 heterocycles. The maximum Gasteiger partial charge on any atom is 0.180 e. The van der Waals surface area contributed by atoms with E-state index < -0.39 is 0 Å². The molecule has 0 saturated carbocycles. The minimum atomic E-state index is 0.530. The largest absolute Gasteiger partial charge is 0.496 e. The molecule has 8 nitrogen and oxygen atoms in total. The summed E-state index contributed by atoms with van der Waals surface area (Å²) in [5, 5.41) is 2.01. The molecule has 11 aromatic rings. The van der Waals surface area contributed by atoms with Gasteiger partial charge in [0, 0.05) is 55.4 Å². The molecule has 7 aromatic carbocycles. The summed E-state index contributed by atoms with van der Waals surface area (Å²) in [7, 11) is 1.69. The number of rotatable bonds is 12. The van der Waals surface area contributed by atoms with Gasteiger partial charge in [0.05, 0.1) is 18.3 Å². The first kappa shape index (κ1) is 51.1. The average Bonchev–Trinajstić information content (AvgIpc) is 4.04. The zero-order valence-electron chi connectivity index (χ0n) is 43.4. The topological polar surface area (TPSA) is 91.8 Å². The highest BCUT2D eigenvalue weighted by molar-refractivity contribution is 6.07. The van der Waals surface area contributed by atoms with Crippen LogP contribution in [0.25, 0.3) is 119 Å². The molecule has 0 aliphatic rings. The first-order valence-corrected chi connectivity index (χ1v) is 25.2. The molecule has 4 aromatic heterocycles. The smallest absolute Gasteiger partial charge is 0.180 e. The summed E-state index contributed by atoms with van der Waals surface area (Å²) in [6.07, 6.45) is 19.7. The van der Waals surface area contributed by atoms with Crippen molar-refractivity contribution in [1.29, 1.82) is 0 Å². The normalized spacial score (nSPS) is 11.4. The number of hydrogen-bond acceptors (Lipinski definition) is 7. The number of aromatic nitrogens is 6. The van der Waals surface area contributed by atoms with E-state index in [4.69, 9.17) is 34.1 Å². The van der Waals surface area contributed by atoms with E-state index in [9.17, 15) is 0 Å². The van der Waals surface area contributed by atoms with E-state index in [0.29, 0.717) is 40.3 Å². The Kier molecular flexibility index (Phi) is 16.3. The van der Waals surface area contributed by atoms with Gasteiger partial charge < -0.3 is 13.7 Å². The van der Waals surface area contributed by atoms with Crippen molar-refractivity contribution >= 4 is 45.1 Å². The Morgan fingerprint density at radius 2 is 1.07 bits per heavy atom. The second kappa shape index (κ2) is 24.3. The highest BCUT2D eigenvalue weighted by Gasteiger charge is 2.23. The molecule has 0 bridgehead atoms. The number of ether oxygens (including phenoxy) is 1. The number of benzene rings is 7. The van der Waals surface area contributed by atoms with E-state index >= 15 is 0 Å². The van der Waals surface area contributed by atoms with Gasteiger partial charge in [-0.3, -0.25) is 0 Å². The number of furan rings is 1. The van der Waals surface area contributed by atoms with Crippen LogP contribution in [0.5, 0.6) is 5.75 Å². The summed E-state index contributed by atoms with van der Waals surface area (Å²) in [6.45, 7) is 15.7. The van der Waals surface area contributed by atoms with Crippen LogP contribution >= 0.6 is 0 Å². The van der Waals surface area contributed by atoms with Gasteiger partial charge in [-0.25, -0.2) is 24.9 Å². The molecule has 0 amide bonds. The summed E-state index contributed by atoms with van der Waals surface area (Å²) in [5.41, 5.74) is 13.0. The van der Waals surface area contributed by atoms with Gasteiger partial charge in [0.15, 0.2) is 28.9 Å². The SMILES string of the molecule is C/C=C\C=C/C.C=C/C=C\C.C=Cc1c(/C=C\C)n(-c2ccccc2)c2cc(-c3nc(-c4ccccc4)nc(-c4ccccc4-c4ccc(-c5nc(-c6ccccc6)nc6c5oc5ccccc56)cc4OC)n3)ccc12. The summed E-state index contributed by atoms with van der Waals surface area (Å²) >= 11 is 0. The molecule has 372 valence electrons. The number of hydrogen-bond donors (Lipinski definition) is 0. The fourth-order valence-corrected chi connectivity index (χ4v) is 9.04. The number of fused-ring (bicyclic) bond motifs is 4. The zero-order valence-corrected chi connectivity index (χ0v) is 43.4. The first-order valence-electron chi connectivity index (χ1n) is 25.2. The lowest BCUT2D eigenvalue weighted by molar-refractivity contribution is 0.416. The molecular formula is C68H58N6O2. The van der Waals surface area contributed by atoms with E-state index in [1.807, 2.05) is 179 Å². The maximum absolute atomic E-state index is 6.47. The second-order valence-corrected chi connectivity index (χ2v) is 17.4. The van der Waals surface area contributed by atoms with Crippen molar-refractivity contribution in [3.63, 3.8) is 0 Å². The van der Waals surface area contributed by atoms with Gasteiger partial charge >= 0.3 is 0 Å². The predicted molar refractivity (Wildman–Crippen MR) is 318 cm³/mol. The van der Waals surface area contributed by atoms with Gasteiger partial charge in [-0.05, 0) is 81.8 Å². The fourth-order valence-electron chi connectivity index (χ4n) is 9.04. The van der Waals surface area contributed by atoms with Crippen molar-refractivity contribution in [3.05, 3.63) is 249 Å². The van der Waals surface area contributed by atoms with Crippen molar-refractivity contribution in [2.45, 2.75) is 27.7 Å². The Balaban J connectivity index is 0.000000583. The molecule has 0 aliphatic heterocycles. The summed E-state index contributed by atoms with van der Waals surface area (Å²) in [6, 6.07) is 59.1. The van der Waals surface area contributed by atoms with Gasteiger partial charge in [0.25, 0.3) is 0 Å². The highest BCUT2D eigenvalue weighted by Crippen LogP contribution is 2.42. The molecule has 8 heteroatoms. The van der Waals surface area contributed by atoms with E-state index in [-0.39, 0.29) is 0 Å². The first-order chi connectivity index (χ1) is 37.4. The van der Waals surface area contributed by atoms with Crippen LogP contribution < -0.4 is 4.74 Å². The zero-order chi connectivity index (χ0) is 52.8. The third kappa shape index (κ3) is 10.8. The molecule has 0 unspecified atom stereocenters. The van der Waals surface area contributed by atoms with Gasteiger partial charge in [-0.2, -0.15) is 0 Å². The number of para-hydroxylation sites is 2. The van der Waals surface area contributed by atoms with Gasteiger partial charge in [0.2, 0.25) is 0 Å². The Morgan fingerprint density at radius 1 is 0.487 bits per heavy atom. The molecule has 11 rings (SSSR count). The quantitative estimate of drug-likeness (QED) is 0.113. The van der Waals surface area contributed by atoms with Crippen LogP contribution in [0.3, 0.4) is 0 Å². The summed E-state index contributed by atoms with van der Waals surface area (Å²) in [4.78, 5) is 25.7. The molecule has 0 fully saturated rings. The lowest BCUT2D eigenvalue weighted by Gasteiger charge is -2.15. The Labute approximate surface area is 444 Å². The van der Waals surface area contributed by atoms with Crippen LogP contribution in [0, 0.1) is 0 Å². The van der Waals surface area contributed by atoms with E-state index in [0.717, 1.165) is 83.3 Å². The van der Waals surface area contributed by atoms with Crippen LogP contribution in [0.4, 0.5) is 0 Å². The van der Waals surface area contributed by atoms with Crippen LogP contribution in [-0.4, -0.2) is 36.6 Å².